The molecule has 15 heavy (non-hydrogen) atoms. The summed E-state index contributed by atoms with van der Waals surface area (Å²) >= 11 is 3.06. The fourth-order valence-corrected chi connectivity index (χ4v) is 1.45. The van der Waals surface area contributed by atoms with E-state index >= 15 is 0 Å². The standard InChI is InChI=1S/C11H11BrFNO/c1-3-4-11(15)14-10-6-8(12)9(13)5-7(10)2/h3-6H,1-2H3,(H,14,15)/b4-3+. The van der Waals surface area contributed by atoms with Gasteiger partial charge in [-0.15, -0.1) is 0 Å². The maximum absolute atomic E-state index is 13.1. The summed E-state index contributed by atoms with van der Waals surface area (Å²) in [5, 5.41) is 2.66. The summed E-state index contributed by atoms with van der Waals surface area (Å²) in [6, 6.07) is 2.92. The van der Waals surface area contributed by atoms with Crippen molar-refractivity contribution in [3.05, 3.63) is 40.1 Å². The molecule has 1 aromatic carbocycles. The maximum Gasteiger partial charge on any atom is 0.248 e. The molecule has 1 rings (SSSR count). The van der Waals surface area contributed by atoms with E-state index in [1.807, 2.05) is 0 Å². The first-order chi connectivity index (χ1) is 7.04. The number of carbonyl (C=O) groups excluding carboxylic acids is 1. The van der Waals surface area contributed by atoms with Crippen LogP contribution in [0.15, 0.2) is 28.8 Å². The van der Waals surface area contributed by atoms with E-state index in [0.29, 0.717) is 15.7 Å². The molecule has 0 radical (unpaired) electrons. The molecule has 0 fully saturated rings. The van der Waals surface area contributed by atoms with Gasteiger partial charge in [-0.05, 0) is 53.5 Å². The van der Waals surface area contributed by atoms with Crippen LogP contribution in [-0.4, -0.2) is 5.91 Å². The first-order valence-corrected chi connectivity index (χ1v) is 5.23. The van der Waals surface area contributed by atoms with E-state index < -0.39 is 0 Å². The van der Waals surface area contributed by atoms with E-state index in [0.717, 1.165) is 0 Å². The predicted octanol–water partition coefficient (Wildman–Crippen LogP) is 3.41. The van der Waals surface area contributed by atoms with Gasteiger partial charge in [0.15, 0.2) is 0 Å². The van der Waals surface area contributed by atoms with Gasteiger partial charge in [0, 0.05) is 5.69 Å². The number of aryl methyl sites for hydroxylation is 1. The first kappa shape index (κ1) is 11.9. The zero-order valence-electron chi connectivity index (χ0n) is 8.47. The van der Waals surface area contributed by atoms with E-state index in [-0.39, 0.29) is 11.7 Å². The largest absolute Gasteiger partial charge is 0.322 e. The fourth-order valence-electron chi connectivity index (χ4n) is 1.11. The van der Waals surface area contributed by atoms with Gasteiger partial charge in [-0.3, -0.25) is 4.79 Å². The normalized spacial score (nSPS) is 10.7. The summed E-state index contributed by atoms with van der Waals surface area (Å²) in [5.74, 6) is -0.560. The number of hydrogen-bond donors (Lipinski definition) is 1. The van der Waals surface area contributed by atoms with Gasteiger partial charge in [0.1, 0.15) is 5.82 Å². The lowest BCUT2D eigenvalue weighted by Crippen LogP contribution is -2.09. The Morgan fingerprint density at radius 3 is 2.80 bits per heavy atom. The molecular formula is C11H11BrFNO. The minimum absolute atomic E-state index is 0.223. The Bertz CT molecular complexity index is 415. The highest BCUT2D eigenvalue weighted by molar-refractivity contribution is 9.10. The molecule has 2 nitrogen and oxygen atoms in total. The van der Waals surface area contributed by atoms with Gasteiger partial charge in [0.25, 0.3) is 0 Å². The van der Waals surface area contributed by atoms with Crippen molar-refractivity contribution in [2.24, 2.45) is 0 Å². The average molecular weight is 272 g/mol. The zero-order chi connectivity index (χ0) is 11.4. The van der Waals surface area contributed by atoms with Gasteiger partial charge in [-0.25, -0.2) is 4.39 Å². The number of carbonyl (C=O) groups is 1. The molecule has 0 aliphatic carbocycles. The minimum Gasteiger partial charge on any atom is -0.322 e. The van der Waals surface area contributed by atoms with E-state index in [9.17, 15) is 9.18 Å². The second kappa shape index (κ2) is 5.07. The number of rotatable bonds is 2. The smallest absolute Gasteiger partial charge is 0.248 e. The Balaban J connectivity index is 2.95. The highest BCUT2D eigenvalue weighted by Gasteiger charge is 2.06. The molecule has 0 saturated heterocycles. The van der Waals surface area contributed by atoms with Crippen molar-refractivity contribution in [3.8, 4) is 0 Å². The molecule has 0 aliphatic rings. The van der Waals surface area contributed by atoms with Gasteiger partial charge >= 0.3 is 0 Å². The number of allylic oxidation sites excluding steroid dienone is 1. The third-order valence-electron chi connectivity index (χ3n) is 1.84. The molecular weight excluding hydrogens is 261 g/mol. The number of amides is 1. The molecule has 0 spiro atoms. The van der Waals surface area contributed by atoms with Crippen LogP contribution in [0, 0.1) is 12.7 Å². The predicted molar refractivity (Wildman–Crippen MR) is 62.3 cm³/mol. The quantitative estimate of drug-likeness (QED) is 0.821. The van der Waals surface area contributed by atoms with E-state index in [1.54, 1.807) is 26.0 Å². The van der Waals surface area contributed by atoms with Gasteiger partial charge in [-0.2, -0.15) is 0 Å². The lowest BCUT2D eigenvalue weighted by Gasteiger charge is -2.07. The molecule has 1 aromatic rings. The summed E-state index contributed by atoms with van der Waals surface area (Å²) in [4.78, 5) is 11.3. The molecule has 80 valence electrons. The summed E-state index contributed by atoms with van der Waals surface area (Å²) in [7, 11) is 0. The number of nitrogens with one attached hydrogen (secondary N) is 1. The second-order valence-electron chi connectivity index (χ2n) is 3.07. The maximum atomic E-state index is 13.1. The molecule has 1 amide bonds. The van der Waals surface area contributed by atoms with Gasteiger partial charge in [0.05, 0.1) is 4.47 Å². The van der Waals surface area contributed by atoms with Crippen molar-refractivity contribution in [1.29, 1.82) is 0 Å². The van der Waals surface area contributed by atoms with Crippen LogP contribution in [0.3, 0.4) is 0 Å². The van der Waals surface area contributed by atoms with Crippen molar-refractivity contribution in [2.45, 2.75) is 13.8 Å². The van der Waals surface area contributed by atoms with Crippen molar-refractivity contribution in [3.63, 3.8) is 0 Å². The zero-order valence-corrected chi connectivity index (χ0v) is 10.1. The Hall–Kier alpha value is -1.16. The molecule has 0 unspecified atom stereocenters. The van der Waals surface area contributed by atoms with E-state index in [4.69, 9.17) is 0 Å². The van der Waals surface area contributed by atoms with Gasteiger partial charge < -0.3 is 5.32 Å². The fraction of sp³-hybridized carbons (Fsp3) is 0.182. The van der Waals surface area contributed by atoms with Crippen LogP contribution in [-0.2, 0) is 4.79 Å². The minimum atomic E-state index is -0.337. The Morgan fingerprint density at radius 1 is 1.53 bits per heavy atom. The van der Waals surface area contributed by atoms with E-state index in [1.165, 1.54) is 12.1 Å². The van der Waals surface area contributed by atoms with Crippen molar-refractivity contribution in [1.82, 2.24) is 0 Å². The molecule has 4 heteroatoms. The van der Waals surface area contributed by atoms with Gasteiger partial charge in [0.2, 0.25) is 5.91 Å². The lowest BCUT2D eigenvalue weighted by molar-refractivity contribution is -0.111. The number of anilines is 1. The average Bonchev–Trinajstić information content (AvgIpc) is 2.14. The lowest BCUT2D eigenvalue weighted by atomic mass is 10.2. The van der Waals surface area contributed by atoms with Crippen LogP contribution in [0.5, 0.6) is 0 Å². The summed E-state index contributed by atoms with van der Waals surface area (Å²) in [5.41, 5.74) is 1.29. The van der Waals surface area contributed by atoms with Crippen LogP contribution in [0.25, 0.3) is 0 Å². The molecule has 0 atom stereocenters. The molecule has 0 heterocycles. The summed E-state index contributed by atoms with van der Waals surface area (Å²) in [6.45, 7) is 3.49. The Labute approximate surface area is 96.3 Å². The van der Waals surface area contributed by atoms with Crippen LogP contribution in [0.2, 0.25) is 0 Å². The molecule has 1 N–H and O–H groups in total. The first-order valence-electron chi connectivity index (χ1n) is 4.44. The Morgan fingerprint density at radius 2 is 2.20 bits per heavy atom. The van der Waals surface area contributed by atoms with Crippen molar-refractivity contribution in [2.75, 3.05) is 5.32 Å². The topological polar surface area (TPSA) is 29.1 Å². The summed E-state index contributed by atoms with van der Waals surface area (Å²) in [6.07, 6.45) is 3.06. The van der Waals surface area contributed by atoms with Gasteiger partial charge in [-0.1, -0.05) is 6.08 Å². The van der Waals surface area contributed by atoms with Crippen LogP contribution in [0.4, 0.5) is 10.1 Å². The highest BCUT2D eigenvalue weighted by Crippen LogP contribution is 2.24. The Kier molecular flexibility index (Phi) is 4.03. The SMILES string of the molecule is C/C=C/C(=O)Nc1cc(Br)c(F)cc1C. The van der Waals surface area contributed by atoms with Crippen LogP contribution >= 0.6 is 15.9 Å². The third kappa shape index (κ3) is 3.16. The van der Waals surface area contributed by atoms with Crippen LogP contribution in [0.1, 0.15) is 12.5 Å². The number of benzene rings is 1. The van der Waals surface area contributed by atoms with E-state index in [2.05, 4.69) is 21.2 Å². The van der Waals surface area contributed by atoms with Crippen LogP contribution < -0.4 is 5.32 Å². The number of halogens is 2. The highest BCUT2D eigenvalue weighted by atomic mass is 79.9. The van der Waals surface area contributed by atoms with Crippen molar-refractivity contribution >= 4 is 27.5 Å². The monoisotopic (exact) mass is 271 g/mol. The molecule has 0 aromatic heterocycles. The van der Waals surface area contributed by atoms with Crippen molar-refractivity contribution < 1.29 is 9.18 Å². The summed E-state index contributed by atoms with van der Waals surface area (Å²) < 4.78 is 13.4. The molecule has 0 saturated carbocycles. The second-order valence-corrected chi connectivity index (χ2v) is 3.92. The number of hydrogen-bond acceptors (Lipinski definition) is 1. The third-order valence-corrected chi connectivity index (χ3v) is 2.45. The molecule has 0 aliphatic heterocycles. The molecule has 0 bridgehead atoms.